The number of aromatic nitrogens is 2. The number of fused-ring (bicyclic) bond motifs is 1. The SMILES string of the molecule is Cc1cc2cnc(CCO)cc2cn1. The molecule has 14 heavy (non-hydrogen) atoms. The lowest BCUT2D eigenvalue weighted by molar-refractivity contribution is 0.298. The third-order valence-corrected chi connectivity index (χ3v) is 2.16. The van der Waals surface area contributed by atoms with Gasteiger partial charge in [-0.1, -0.05) is 0 Å². The number of pyridine rings is 2. The van der Waals surface area contributed by atoms with Gasteiger partial charge in [-0.25, -0.2) is 0 Å². The predicted octanol–water partition coefficient (Wildman–Crippen LogP) is 1.47. The summed E-state index contributed by atoms with van der Waals surface area (Å²) in [5.74, 6) is 0. The minimum atomic E-state index is 0.137. The van der Waals surface area contributed by atoms with Crippen LogP contribution in [0.5, 0.6) is 0 Å². The van der Waals surface area contributed by atoms with Crippen molar-refractivity contribution in [3.8, 4) is 0 Å². The van der Waals surface area contributed by atoms with E-state index in [2.05, 4.69) is 9.97 Å². The molecule has 3 heteroatoms. The highest BCUT2D eigenvalue weighted by Gasteiger charge is 1.98. The maximum Gasteiger partial charge on any atom is 0.0486 e. The largest absolute Gasteiger partial charge is 0.396 e. The van der Waals surface area contributed by atoms with Gasteiger partial charge in [0.2, 0.25) is 0 Å². The van der Waals surface area contributed by atoms with Crippen molar-refractivity contribution in [3.05, 3.63) is 35.9 Å². The number of hydrogen-bond acceptors (Lipinski definition) is 3. The van der Waals surface area contributed by atoms with Crippen LogP contribution in [0.4, 0.5) is 0 Å². The number of nitrogens with zero attached hydrogens (tertiary/aromatic N) is 2. The molecule has 0 amide bonds. The van der Waals surface area contributed by atoms with Crippen LogP contribution >= 0.6 is 0 Å². The molecule has 0 aliphatic heterocycles. The number of aliphatic hydroxyl groups excluding tert-OH is 1. The maximum absolute atomic E-state index is 8.78. The first-order valence-corrected chi connectivity index (χ1v) is 4.62. The Morgan fingerprint density at radius 1 is 1.14 bits per heavy atom. The first-order chi connectivity index (χ1) is 6.79. The zero-order chi connectivity index (χ0) is 9.97. The van der Waals surface area contributed by atoms with Gasteiger partial charge in [-0.3, -0.25) is 9.97 Å². The average Bonchev–Trinajstić information content (AvgIpc) is 2.19. The standard InChI is InChI=1S/C11H12N2O/c1-8-4-9-7-13-11(2-3-14)5-10(9)6-12-8/h4-7,14H,2-3H2,1H3. The lowest BCUT2D eigenvalue weighted by atomic mass is 10.1. The van der Waals surface area contributed by atoms with Crippen LogP contribution < -0.4 is 0 Å². The van der Waals surface area contributed by atoms with Crippen LogP contribution in [0.2, 0.25) is 0 Å². The molecule has 72 valence electrons. The Balaban J connectivity index is 2.50. The molecular formula is C11H12N2O. The zero-order valence-electron chi connectivity index (χ0n) is 8.07. The second-order valence-corrected chi connectivity index (χ2v) is 3.32. The van der Waals surface area contributed by atoms with Crippen LogP contribution in [0.3, 0.4) is 0 Å². The third kappa shape index (κ3) is 1.72. The molecule has 0 bridgehead atoms. The Bertz CT molecular complexity index is 454. The van der Waals surface area contributed by atoms with Gasteiger partial charge in [0.05, 0.1) is 0 Å². The molecule has 0 fully saturated rings. The molecule has 0 unspecified atom stereocenters. The summed E-state index contributed by atoms with van der Waals surface area (Å²) in [6, 6.07) is 3.98. The van der Waals surface area contributed by atoms with Gasteiger partial charge in [-0.05, 0) is 19.1 Å². The van der Waals surface area contributed by atoms with Crippen molar-refractivity contribution in [1.82, 2.24) is 9.97 Å². The molecule has 0 aliphatic carbocycles. The van der Waals surface area contributed by atoms with Gasteiger partial charge in [0.1, 0.15) is 0 Å². The fourth-order valence-electron chi connectivity index (χ4n) is 1.44. The fourth-order valence-corrected chi connectivity index (χ4v) is 1.44. The molecule has 0 radical (unpaired) electrons. The molecule has 3 nitrogen and oxygen atoms in total. The minimum absolute atomic E-state index is 0.137. The van der Waals surface area contributed by atoms with E-state index in [9.17, 15) is 0 Å². The lowest BCUT2D eigenvalue weighted by Gasteiger charge is -2.01. The topological polar surface area (TPSA) is 46.0 Å². The highest BCUT2D eigenvalue weighted by molar-refractivity contribution is 5.81. The normalized spacial score (nSPS) is 10.7. The van der Waals surface area contributed by atoms with E-state index < -0.39 is 0 Å². The van der Waals surface area contributed by atoms with Crippen LogP contribution in [0, 0.1) is 6.92 Å². The van der Waals surface area contributed by atoms with Crippen molar-refractivity contribution in [2.24, 2.45) is 0 Å². The summed E-state index contributed by atoms with van der Waals surface area (Å²) in [6.45, 7) is 2.10. The zero-order valence-corrected chi connectivity index (χ0v) is 8.07. The van der Waals surface area contributed by atoms with Gasteiger partial charge in [0.25, 0.3) is 0 Å². The van der Waals surface area contributed by atoms with Crippen molar-refractivity contribution >= 4 is 10.8 Å². The fraction of sp³-hybridized carbons (Fsp3) is 0.273. The summed E-state index contributed by atoms with van der Waals surface area (Å²) in [6.07, 6.45) is 4.27. The predicted molar refractivity (Wildman–Crippen MR) is 55.1 cm³/mol. The first-order valence-electron chi connectivity index (χ1n) is 4.62. The maximum atomic E-state index is 8.78. The Morgan fingerprint density at radius 2 is 1.86 bits per heavy atom. The molecule has 0 spiro atoms. The van der Waals surface area contributed by atoms with Crippen LogP contribution in [0.25, 0.3) is 10.8 Å². The van der Waals surface area contributed by atoms with E-state index >= 15 is 0 Å². The Labute approximate surface area is 82.4 Å². The Hall–Kier alpha value is -1.48. The minimum Gasteiger partial charge on any atom is -0.396 e. The van der Waals surface area contributed by atoms with Gasteiger partial charge in [0.15, 0.2) is 0 Å². The van der Waals surface area contributed by atoms with E-state index in [0.29, 0.717) is 6.42 Å². The van der Waals surface area contributed by atoms with Crippen molar-refractivity contribution in [3.63, 3.8) is 0 Å². The van der Waals surface area contributed by atoms with E-state index in [1.807, 2.05) is 31.5 Å². The molecule has 2 aromatic heterocycles. The average molecular weight is 188 g/mol. The molecule has 2 rings (SSSR count). The molecule has 0 saturated heterocycles. The summed E-state index contributed by atoms with van der Waals surface area (Å²) in [4.78, 5) is 8.47. The summed E-state index contributed by atoms with van der Waals surface area (Å²) < 4.78 is 0. The molecule has 0 aliphatic rings. The van der Waals surface area contributed by atoms with Crippen LogP contribution in [-0.2, 0) is 6.42 Å². The molecule has 0 atom stereocenters. The Morgan fingerprint density at radius 3 is 2.64 bits per heavy atom. The van der Waals surface area contributed by atoms with Gasteiger partial charge >= 0.3 is 0 Å². The third-order valence-electron chi connectivity index (χ3n) is 2.16. The number of rotatable bonds is 2. The van der Waals surface area contributed by atoms with Gasteiger partial charge in [-0.2, -0.15) is 0 Å². The molecule has 2 aromatic rings. The molecule has 0 aromatic carbocycles. The highest BCUT2D eigenvalue weighted by atomic mass is 16.3. The summed E-state index contributed by atoms with van der Waals surface area (Å²) >= 11 is 0. The van der Waals surface area contributed by atoms with E-state index in [4.69, 9.17) is 5.11 Å². The van der Waals surface area contributed by atoms with Crippen molar-refractivity contribution in [2.45, 2.75) is 13.3 Å². The first kappa shape index (κ1) is 9.09. The van der Waals surface area contributed by atoms with Crippen molar-refractivity contribution in [1.29, 1.82) is 0 Å². The van der Waals surface area contributed by atoms with Gasteiger partial charge in [0, 0.05) is 47.6 Å². The quantitative estimate of drug-likeness (QED) is 0.776. The van der Waals surface area contributed by atoms with Crippen molar-refractivity contribution in [2.75, 3.05) is 6.61 Å². The molecule has 0 saturated carbocycles. The van der Waals surface area contributed by atoms with Gasteiger partial charge < -0.3 is 5.11 Å². The van der Waals surface area contributed by atoms with Crippen LogP contribution in [0.15, 0.2) is 24.5 Å². The Kier molecular flexibility index (Phi) is 2.41. The molecular weight excluding hydrogens is 176 g/mol. The lowest BCUT2D eigenvalue weighted by Crippen LogP contribution is -1.94. The van der Waals surface area contributed by atoms with Gasteiger partial charge in [-0.15, -0.1) is 0 Å². The van der Waals surface area contributed by atoms with Crippen molar-refractivity contribution < 1.29 is 5.11 Å². The second-order valence-electron chi connectivity index (χ2n) is 3.32. The van der Waals surface area contributed by atoms with E-state index in [1.165, 1.54) is 0 Å². The second kappa shape index (κ2) is 3.72. The van der Waals surface area contributed by atoms with Crippen LogP contribution in [-0.4, -0.2) is 21.7 Å². The molecule has 1 N–H and O–H groups in total. The number of hydrogen-bond donors (Lipinski definition) is 1. The molecule has 2 heterocycles. The van der Waals surface area contributed by atoms with E-state index in [1.54, 1.807) is 0 Å². The number of aliphatic hydroxyl groups is 1. The monoisotopic (exact) mass is 188 g/mol. The summed E-state index contributed by atoms with van der Waals surface area (Å²) in [5.41, 5.74) is 1.90. The highest BCUT2D eigenvalue weighted by Crippen LogP contribution is 2.13. The smallest absolute Gasteiger partial charge is 0.0486 e. The van der Waals surface area contributed by atoms with Crippen LogP contribution in [0.1, 0.15) is 11.4 Å². The number of aryl methyl sites for hydroxylation is 1. The summed E-state index contributed by atoms with van der Waals surface area (Å²) in [7, 11) is 0. The van der Waals surface area contributed by atoms with E-state index in [0.717, 1.165) is 22.2 Å². The summed E-state index contributed by atoms with van der Waals surface area (Å²) in [5, 5.41) is 11.0. The van der Waals surface area contributed by atoms with E-state index in [-0.39, 0.29) is 6.61 Å².